The average Bonchev–Trinajstić information content (AvgIpc) is 2.90. The number of carbonyl (C=O) groups excluding carboxylic acids is 1. The van der Waals surface area contributed by atoms with Crippen LogP contribution in [-0.4, -0.2) is 23.7 Å². The lowest BCUT2D eigenvalue weighted by atomic mass is 9.98. The van der Waals surface area contributed by atoms with Crippen LogP contribution in [0.4, 0.5) is 0 Å². The van der Waals surface area contributed by atoms with E-state index in [1.807, 2.05) is 24.3 Å². The molecule has 0 spiro atoms. The number of thioether (sulfide) groups is 1. The minimum Gasteiger partial charge on any atom is -0.349 e. The summed E-state index contributed by atoms with van der Waals surface area (Å²) in [5, 5.41) is 3.87. The van der Waals surface area contributed by atoms with E-state index in [1.165, 1.54) is 0 Å². The number of rotatable bonds is 6. The van der Waals surface area contributed by atoms with Crippen LogP contribution in [0, 0.1) is 0 Å². The van der Waals surface area contributed by atoms with E-state index in [9.17, 15) is 4.79 Å². The maximum atomic E-state index is 12.0. The van der Waals surface area contributed by atoms with Gasteiger partial charge in [0.25, 0.3) is 0 Å². The second-order valence-electron chi connectivity index (χ2n) is 5.29. The lowest BCUT2D eigenvalue weighted by molar-refractivity contribution is -0.122. The third-order valence-corrected chi connectivity index (χ3v) is 5.03. The highest BCUT2D eigenvalue weighted by molar-refractivity contribution is 7.99. The molecular formula is C15H21ClN2OS. The highest BCUT2D eigenvalue weighted by atomic mass is 35.5. The summed E-state index contributed by atoms with van der Waals surface area (Å²) in [4.78, 5) is 13.1. The van der Waals surface area contributed by atoms with Crippen molar-refractivity contribution >= 4 is 29.3 Å². The molecule has 0 bridgehead atoms. The van der Waals surface area contributed by atoms with Crippen LogP contribution < -0.4 is 11.1 Å². The van der Waals surface area contributed by atoms with Gasteiger partial charge >= 0.3 is 0 Å². The summed E-state index contributed by atoms with van der Waals surface area (Å²) in [5.41, 5.74) is 5.68. The number of hydrogen-bond acceptors (Lipinski definition) is 3. The lowest BCUT2D eigenvalue weighted by Crippen LogP contribution is -2.51. The predicted octanol–water partition coefficient (Wildman–Crippen LogP) is 3.21. The molecule has 0 atom stereocenters. The van der Waals surface area contributed by atoms with Crippen molar-refractivity contribution in [1.29, 1.82) is 0 Å². The normalized spacial score (nSPS) is 17.1. The van der Waals surface area contributed by atoms with Gasteiger partial charge in [0.1, 0.15) is 0 Å². The number of nitrogens with two attached hydrogens (primary N) is 1. The molecule has 1 aliphatic carbocycles. The lowest BCUT2D eigenvalue weighted by Gasteiger charge is -2.28. The Morgan fingerprint density at radius 3 is 2.55 bits per heavy atom. The van der Waals surface area contributed by atoms with E-state index in [0.717, 1.165) is 41.4 Å². The van der Waals surface area contributed by atoms with E-state index in [2.05, 4.69) is 5.32 Å². The quantitative estimate of drug-likeness (QED) is 0.793. The standard InChI is InChI=1S/C15H21ClN2OS/c16-12-3-5-13(6-4-12)20-10-7-14(19)18-15(11-17)8-1-2-9-15/h3-6H,1-2,7-11,17H2,(H,18,19). The molecule has 0 aromatic heterocycles. The molecule has 5 heteroatoms. The Bertz CT molecular complexity index is 444. The molecule has 1 aromatic carbocycles. The van der Waals surface area contributed by atoms with Crippen LogP contribution in [0.15, 0.2) is 29.2 Å². The Kier molecular flexibility index (Phi) is 5.75. The largest absolute Gasteiger partial charge is 0.349 e. The monoisotopic (exact) mass is 312 g/mol. The highest BCUT2D eigenvalue weighted by Gasteiger charge is 2.33. The topological polar surface area (TPSA) is 55.1 Å². The maximum Gasteiger partial charge on any atom is 0.221 e. The summed E-state index contributed by atoms with van der Waals surface area (Å²) in [6.07, 6.45) is 4.88. The van der Waals surface area contributed by atoms with Crippen LogP contribution in [0.2, 0.25) is 5.02 Å². The Balaban J connectivity index is 1.73. The van der Waals surface area contributed by atoms with Crippen LogP contribution in [0.1, 0.15) is 32.1 Å². The van der Waals surface area contributed by atoms with Crippen molar-refractivity contribution in [2.45, 2.75) is 42.5 Å². The van der Waals surface area contributed by atoms with Crippen LogP contribution in [0.3, 0.4) is 0 Å². The van der Waals surface area contributed by atoms with Crippen LogP contribution >= 0.6 is 23.4 Å². The third kappa shape index (κ3) is 4.40. The van der Waals surface area contributed by atoms with E-state index in [1.54, 1.807) is 11.8 Å². The SMILES string of the molecule is NCC1(NC(=O)CCSc2ccc(Cl)cc2)CCCC1. The molecule has 0 aliphatic heterocycles. The van der Waals surface area contributed by atoms with Gasteiger partial charge in [-0.05, 0) is 37.1 Å². The van der Waals surface area contributed by atoms with Crippen molar-refractivity contribution in [3.8, 4) is 0 Å². The number of hydrogen-bond donors (Lipinski definition) is 2. The van der Waals surface area contributed by atoms with E-state index in [0.29, 0.717) is 13.0 Å². The molecule has 1 fully saturated rings. The Morgan fingerprint density at radius 2 is 1.95 bits per heavy atom. The molecule has 110 valence electrons. The van der Waals surface area contributed by atoms with Crippen LogP contribution in [0.5, 0.6) is 0 Å². The second kappa shape index (κ2) is 7.34. The van der Waals surface area contributed by atoms with Crippen molar-refractivity contribution in [2.24, 2.45) is 5.73 Å². The molecule has 0 unspecified atom stereocenters. The predicted molar refractivity (Wildman–Crippen MR) is 85.2 cm³/mol. The maximum absolute atomic E-state index is 12.0. The minimum atomic E-state index is -0.137. The molecule has 3 nitrogen and oxygen atoms in total. The Labute approximate surface area is 129 Å². The molecule has 1 aromatic rings. The zero-order valence-corrected chi connectivity index (χ0v) is 13.1. The molecule has 2 rings (SSSR count). The summed E-state index contributed by atoms with van der Waals surface area (Å²) >= 11 is 7.51. The Morgan fingerprint density at radius 1 is 1.30 bits per heavy atom. The van der Waals surface area contributed by atoms with Crippen molar-refractivity contribution in [3.63, 3.8) is 0 Å². The average molecular weight is 313 g/mol. The molecule has 0 saturated heterocycles. The van der Waals surface area contributed by atoms with Gasteiger partial charge in [-0.1, -0.05) is 24.4 Å². The van der Waals surface area contributed by atoms with Gasteiger partial charge in [-0.15, -0.1) is 11.8 Å². The molecule has 0 heterocycles. The molecule has 1 amide bonds. The molecule has 3 N–H and O–H groups in total. The summed E-state index contributed by atoms with van der Waals surface area (Å²) in [5.74, 6) is 0.882. The smallest absolute Gasteiger partial charge is 0.221 e. The van der Waals surface area contributed by atoms with Gasteiger partial charge in [-0.3, -0.25) is 4.79 Å². The summed E-state index contributed by atoms with van der Waals surface area (Å²) < 4.78 is 0. The number of benzene rings is 1. The molecule has 0 radical (unpaired) electrons. The minimum absolute atomic E-state index is 0.110. The van der Waals surface area contributed by atoms with Gasteiger partial charge in [0.2, 0.25) is 5.91 Å². The zero-order valence-electron chi connectivity index (χ0n) is 11.5. The van der Waals surface area contributed by atoms with E-state index in [4.69, 9.17) is 17.3 Å². The first-order valence-corrected chi connectivity index (χ1v) is 8.39. The summed E-state index contributed by atoms with van der Waals surface area (Å²) in [6.45, 7) is 0.545. The number of carbonyl (C=O) groups is 1. The van der Waals surface area contributed by atoms with Gasteiger partial charge < -0.3 is 11.1 Å². The van der Waals surface area contributed by atoms with E-state index in [-0.39, 0.29) is 11.4 Å². The fraction of sp³-hybridized carbons (Fsp3) is 0.533. The molecule has 1 aliphatic rings. The van der Waals surface area contributed by atoms with Gasteiger partial charge in [-0.2, -0.15) is 0 Å². The first-order valence-electron chi connectivity index (χ1n) is 7.03. The molecule has 1 saturated carbocycles. The molecule has 20 heavy (non-hydrogen) atoms. The third-order valence-electron chi connectivity index (χ3n) is 3.77. The fourth-order valence-electron chi connectivity index (χ4n) is 2.58. The van der Waals surface area contributed by atoms with Crippen molar-refractivity contribution in [2.75, 3.05) is 12.3 Å². The van der Waals surface area contributed by atoms with Crippen LogP contribution in [0.25, 0.3) is 0 Å². The van der Waals surface area contributed by atoms with Crippen molar-refractivity contribution in [1.82, 2.24) is 5.32 Å². The fourth-order valence-corrected chi connectivity index (χ4v) is 3.56. The van der Waals surface area contributed by atoms with Gasteiger partial charge in [0.05, 0.1) is 5.54 Å². The second-order valence-corrected chi connectivity index (χ2v) is 6.90. The summed E-state index contributed by atoms with van der Waals surface area (Å²) in [7, 11) is 0. The summed E-state index contributed by atoms with van der Waals surface area (Å²) in [6, 6.07) is 7.68. The Hall–Kier alpha value is -0.710. The van der Waals surface area contributed by atoms with E-state index < -0.39 is 0 Å². The zero-order chi connectivity index (χ0) is 14.4. The van der Waals surface area contributed by atoms with Gasteiger partial charge in [-0.25, -0.2) is 0 Å². The van der Waals surface area contributed by atoms with E-state index >= 15 is 0 Å². The number of halogens is 1. The van der Waals surface area contributed by atoms with Gasteiger partial charge in [0.15, 0.2) is 0 Å². The number of amides is 1. The number of nitrogens with one attached hydrogen (secondary N) is 1. The highest BCUT2D eigenvalue weighted by Crippen LogP contribution is 2.29. The molecular weight excluding hydrogens is 292 g/mol. The van der Waals surface area contributed by atoms with Crippen molar-refractivity contribution < 1.29 is 4.79 Å². The van der Waals surface area contributed by atoms with Crippen LogP contribution in [-0.2, 0) is 4.79 Å². The van der Waals surface area contributed by atoms with Crippen molar-refractivity contribution in [3.05, 3.63) is 29.3 Å². The first-order chi connectivity index (χ1) is 9.63. The van der Waals surface area contributed by atoms with Gasteiger partial charge in [0, 0.05) is 28.6 Å². The first kappa shape index (κ1) is 15.7.